The van der Waals surface area contributed by atoms with Crippen molar-refractivity contribution in [2.24, 2.45) is 0 Å². The molecule has 0 fully saturated rings. The van der Waals surface area contributed by atoms with Crippen molar-refractivity contribution in [2.45, 2.75) is 13.3 Å². The summed E-state index contributed by atoms with van der Waals surface area (Å²) in [6.07, 6.45) is 0.928. The van der Waals surface area contributed by atoms with E-state index in [4.69, 9.17) is 21.9 Å². The minimum atomic E-state index is -0.289. The second-order valence-electron chi connectivity index (χ2n) is 6.96. The second kappa shape index (κ2) is 10.2. The fraction of sp³-hybridized carbons (Fsp3) is 0.125. The lowest BCUT2D eigenvalue weighted by Gasteiger charge is -2.13. The predicted octanol–water partition coefficient (Wildman–Crippen LogP) is 6.64. The van der Waals surface area contributed by atoms with E-state index in [2.05, 4.69) is 26.6 Å². The number of carbonyl (C=O) groups is 1. The van der Waals surface area contributed by atoms with Crippen LogP contribution in [0.1, 0.15) is 23.7 Å². The first kappa shape index (κ1) is 22.4. The number of rotatable bonds is 6. The number of aromatic nitrogens is 1. The minimum Gasteiger partial charge on any atom is -0.494 e. The first-order valence-electron chi connectivity index (χ1n) is 10.0. The van der Waals surface area contributed by atoms with Crippen molar-refractivity contribution in [2.75, 3.05) is 11.9 Å². The monoisotopic (exact) mass is 525 g/mol. The number of fused-ring (bicyclic) bond motifs is 1. The summed E-state index contributed by atoms with van der Waals surface area (Å²) in [6.45, 7) is 2.69. The van der Waals surface area contributed by atoms with Crippen molar-refractivity contribution < 1.29 is 9.53 Å². The highest BCUT2D eigenvalue weighted by molar-refractivity contribution is 9.10. The number of thiazole rings is 1. The lowest BCUT2D eigenvalue weighted by Crippen LogP contribution is -2.34. The fourth-order valence-electron chi connectivity index (χ4n) is 3.04. The third-order valence-electron chi connectivity index (χ3n) is 4.57. The topological polar surface area (TPSA) is 63.2 Å². The van der Waals surface area contributed by atoms with Crippen LogP contribution >= 0.6 is 39.5 Å². The van der Waals surface area contributed by atoms with Crippen LogP contribution in [0.25, 0.3) is 20.8 Å². The zero-order chi connectivity index (χ0) is 22.5. The third kappa shape index (κ3) is 5.32. The Morgan fingerprint density at radius 3 is 2.66 bits per heavy atom. The molecule has 1 amide bonds. The van der Waals surface area contributed by atoms with Crippen molar-refractivity contribution in [3.8, 4) is 16.3 Å². The summed E-state index contributed by atoms with van der Waals surface area (Å²) in [5.74, 6) is 0.447. The molecule has 1 heterocycles. The Morgan fingerprint density at radius 2 is 1.91 bits per heavy atom. The molecule has 1 aromatic heterocycles. The molecule has 0 radical (unpaired) electrons. The maximum Gasteiger partial charge on any atom is 0.257 e. The SMILES string of the molecule is CCCOc1ccc(C(=O)NC(=S)Nc2ccc(Br)cc2-c2nc3ccccc3s2)cc1. The molecule has 0 unspecified atom stereocenters. The Labute approximate surface area is 204 Å². The van der Waals surface area contributed by atoms with Crippen molar-refractivity contribution in [1.82, 2.24) is 10.3 Å². The summed E-state index contributed by atoms with van der Waals surface area (Å²) in [4.78, 5) is 17.3. The lowest BCUT2D eigenvalue weighted by atomic mass is 10.2. The van der Waals surface area contributed by atoms with Gasteiger partial charge in [0.2, 0.25) is 0 Å². The summed E-state index contributed by atoms with van der Waals surface area (Å²) in [7, 11) is 0. The van der Waals surface area contributed by atoms with E-state index in [-0.39, 0.29) is 11.0 Å². The number of hydrogen-bond donors (Lipinski definition) is 2. The molecule has 0 aliphatic carbocycles. The maximum atomic E-state index is 12.6. The standard InChI is InChI=1S/C24H20BrN3O2S2/c1-2-13-30-17-10-7-15(8-11-17)22(29)28-24(31)27-19-12-9-16(25)14-18(19)23-26-20-5-3-4-6-21(20)32-23/h3-12,14H,2,13H2,1H3,(H2,27,28,29,31). The first-order chi connectivity index (χ1) is 15.5. The smallest absolute Gasteiger partial charge is 0.257 e. The normalized spacial score (nSPS) is 10.7. The van der Waals surface area contributed by atoms with Gasteiger partial charge in [0.15, 0.2) is 5.11 Å². The largest absolute Gasteiger partial charge is 0.494 e. The summed E-state index contributed by atoms with van der Waals surface area (Å²) < 4.78 is 7.59. The number of benzene rings is 3. The fourth-order valence-corrected chi connectivity index (χ4v) is 4.60. The zero-order valence-electron chi connectivity index (χ0n) is 17.2. The molecular weight excluding hydrogens is 506 g/mol. The molecule has 0 atom stereocenters. The van der Waals surface area contributed by atoms with Crippen molar-refractivity contribution >= 4 is 66.4 Å². The van der Waals surface area contributed by atoms with E-state index in [1.54, 1.807) is 35.6 Å². The molecule has 0 aliphatic heterocycles. The molecule has 3 aromatic carbocycles. The van der Waals surface area contributed by atoms with E-state index < -0.39 is 0 Å². The van der Waals surface area contributed by atoms with Gasteiger partial charge in [-0.2, -0.15) is 0 Å². The Kier molecular flexibility index (Phi) is 7.14. The van der Waals surface area contributed by atoms with Crippen LogP contribution in [-0.4, -0.2) is 22.6 Å². The van der Waals surface area contributed by atoms with Crippen LogP contribution in [0.4, 0.5) is 5.69 Å². The molecule has 2 N–H and O–H groups in total. The highest BCUT2D eigenvalue weighted by Gasteiger charge is 2.14. The summed E-state index contributed by atoms with van der Waals surface area (Å²) in [6, 6.07) is 20.8. The van der Waals surface area contributed by atoms with Gasteiger partial charge in [-0.05, 0) is 73.2 Å². The number of nitrogens with zero attached hydrogens (tertiary/aromatic N) is 1. The molecular formula is C24H20BrN3O2S2. The Bertz CT molecular complexity index is 1240. The van der Waals surface area contributed by atoms with Crippen LogP contribution in [0.5, 0.6) is 5.75 Å². The van der Waals surface area contributed by atoms with Crippen molar-refractivity contribution in [3.05, 3.63) is 76.8 Å². The number of para-hydroxylation sites is 1. The number of carbonyl (C=O) groups excluding carboxylic acids is 1. The van der Waals surface area contributed by atoms with Gasteiger partial charge in [0.1, 0.15) is 10.8 Å². The van der Waals surface area contributed by atoms with E-state index >= 15 is 0 Å². The van der Waals surface area contributed by atoms with Crippen LogP contribution < -0.4 is 15.4 Å². The summed E-state index contributed by atoms with van der Waals surface area (Å²) >= 11 is 10.5. The molecule has 4 rings (SSSR count). The lowest BCUT2D eigenvalue weighted by molar-refractivity contribution is 0.0977. The number of nitrogens with one attached hydrogen (secondary N) is 2. The highest BCUT2D eigenvalue weighted by atomic mass is 79.9. The van der Waals surface area contributed by atoms with Gasteiger partial charge in [0, 0.05) is 15.6 Å². The number of halogens is 1. The Balaban J connectivity index is 1.49. The second-order valence-corrected chi connectivity index (χ2v) is 9.31. The van der Waals surface area contributed by atoms with Crippen molar-refractivity contribution in [1.29, 1.82) is 0 Å². The van der Waals surface area contributed by atoms with Gasteiger partial charge in [-0.15, -0.1) is 11.3 Å². The number of ether oxygens (including phenoxy) is 1. The maximum absolute atomic E-state index is 12.6. The molecule has 32 heavy (non-hydrogen) atoms. The van der Waals surface area contributed by atoms with Gasteiger partial charge in [0.05, 0.1) is 22.5 Å². The average Bonchev–Trinajstić information content (AvgIpc) is 3.23. The van der Waals surface area contributed by atoms with Crippen LogP contribution in [0.3, 0.4) is 0 Å². The Morgan fingerprint density at radius 1 is 1.12 bits per heavy atom. The zero-order valence-corrected chi connectivity index (χ0v) is 20.4. The third-order valence-corrected chi connectivity index (χ3v) is 6.34. The van der Waals surface area contributed by atoms with Gasteiger partial charge < -0.3 is 10.1 Å². The number of amides is 1. The van der Waals surface area contributed by atoms with Crippen molar-refractivity contribution in [3.63, 3.8) is 0 Å². The van der Waals surface area contributed by atoms with Gasteiger partial charge in [-0.3, -0.25) is 10.1 Å². The molecule has 0 bridgehead atoms. The molecule has 8 heteroatoms. The van der Waals surface area contributed by atoms with E-state index in [1.165, 1.54) is 0 Å². The molecule has 0 spiro atoms. The minimum absolute atomic E-state index is 0.214. The van der Waals surface area contributed by atoms with E-state index in [0.717, 1.165) is 43.1 Å². The van der Waals surface area contributed by atoms with Crippen LogP contribution in [0.15, 0.2) is 71.2 Å². The first-order valence-corrected chi connectivity index (χ1v) is 12.1. The van der Waals surface area contributed by atoms with E-state index in [0.29, 0.717) is 12.2 Å². The van der Waals surface area contributed by atoms with Gasteiger partial charge in [-0.1, -0.05) is 35.0 Å². The molecule has 4 aromatic rings. The predicted molar refractivity (Wildman–Crippen MR) is 139 cm³/mol. The number of anilines is 1. The van der Waals surface area contributed by atoms with Gasteiger partial charge >= 0.3 is 0 Å². The van der Waals surface area contributed by atoms with E-state index in [9.17, 15) is 4.79 Å². The van der Waals surface area contributed by atoms with E-state index in [1.807, 2.05) is 49.4 Å². The van der Waals surface area contributed by atoms with Gasteiger partial charge in [0.25, 0.3) is 5.91 Å². The van der Waals surface area contributed by atoms with Crippen LogP contribution in [0, 0.1) is 0 Å². The quantitative estimate of drug-likeness (QED) is 0.276. The number of thiocarbonyl (C=S) groups is 1. The summed E-state index contributed by atoms with van der Waals surface area (Å²) in [5.41, 5.74) is 3.11. The number of hydrogen-bond acceptors (Lipinski definition) is 5. The molecule has 0 saturated carbocycles. The summed E-state index contributed by atoms with van der Waals surface area (Å²) in [5, 5.41) is 6.96. The average molecular weight is 526 g/mol. The molecule has 162 valence electrons. The molecule has 5 nitrogen and oxygen atoms in total. The van der Waals surface area contributed by atoms with Crippen LogP contribution in [-0.2, 0) is 0 Å². The molecule has 0 saturated heterocycles. The molecule has 0 aliphatic rings. The Hall–Kier alpha value is -2.81. The van der Waals surface area contributed by atoms with Crippen LogP contribution in [0.2, 0.25) is 0 Å². The highest BCUT2D eigenvalue weighted by Crippen LogP contribution is 2.36. The van der Waals surface area contributed by atoms with Gasteiger partial charge in [-0.25, -0.2) is 4.98 Å².